The first-order valence-electron chi connectivity index (χ1n) is 7.22. The zero-order valence-electron chi connectivity index (χ0n) is 12.2. The van der Waals surface area contributed by atoms with Gasteiger partial charge in [0.25, 0.3) is 0 Å². The van der Waals surface area contributed by atoms with Gasteiger partial charge >= 0.3 is 5.97 Å². The summed E-state index contributed by atoms with van der Waals surface area (Å²) in [6.45, 7) is 7.13. The Labute approximate surface area is 115 Å². The summed E-state index contributed by atoms with van der Waals surface area (Å²) >= 11 is 0. The molecule has 1 fully saturated rings. The van der Waals surface area contributed by atoms with Crippen molar-refractivity contribution in [3.63, 3.8) is 0 Å². The lowest BCUT2D eigenvalue weighted by Gasteiger charge is -2.28. The molecule has 1 unspecified atom stereocenters. The van der Waals surface area contributed by atoms with Crippen LogP contribution in [-0.4, -0.2) is 37.1 Å². The van der Waals surface area contributed by atoms with E-state index in [1.54, 1.807) is 6.92 Å². The third-order valence-electron chi connectivity index (χ3n) is 3.47. The molecule has 5 nitrogen and oxygen atoms in total. The number of hydrogen-bond acceptors (Lipinski definition) is 4. The van der Waals surface area contributed by atoms with E-state index in [4.69, 9.17) is 4.74 Å². The molecule has 3 atom stereocenters. The SMILES string of the molecule is CCOC(=O)CCC(C)NC(=O)[C@H]1CCN[C@@H](C)C1. The van der Waals surface area contributed by atoms with Gasteiger partial charge in [0.05, 0.1) is 6.61 Å². The largest absolute Gasteiger partial charge is 0.466 e. The van der Waals surface area contributed by atoms with Crippen LogP contribution >= 0.6 is 0 Å². The van der Waals surface area contributed by atoms with E-state index in [0.717, 1.165) is 19.4 Å². The van der Waals surface area contributed by atoms with Crippen LogP contribution < -0.4 is 10.6 Å². The Balaban J connectivity index is 2.25. The summed E-state index contributed by atoms with van der Waals surface area (Å²) < 4.78 is 4.87. The number of ether oxygens (including phenoxy) is 1. The van der Waals surface area contributed by atoms with Crippen LogP contribution in [0.15, 0.2) is 0 Å². The number of piperidine rings is 1. The van der Waals surface area contributed by atoms with Crippen LogP contribution in [0.1, 0.15) is 46.5 Å². The molecule has 1 saturated heterocycles. The van der Waals surface area contributed by atoms with E-state index in [0.29, 0.717) is 25.5 Å². The van der Waals surface area contributed by atoms with Gasteiger partial charge < -0.3 is 15.4 Å². The normalized spacial score (nSPS) is 24.6. The predicted octanol–water partition coefficient (Wildman–Crippen LogP) is 1.22. The number of rotatable bonds is 6. The van der Waals surface area contributed by atoms with Gasteiger partial charge in [-0.05, 0) is 46.6 Å². The van der Waals surface area contributed by atoms with Gasteiger partial charge in [-0.3, -0.25) is 9.59 Å². The number of nitrogens with one attached hydrogen (secondary N) is 2. The molecule has 2 N–H and O–H groups in total. The maximum Gasteiger partial charge on any atom is 0.305 e. The molecule has 0 aromatic carbocycles. The monoisotopic (exact) mass is 270 g/mol. The van der Waals surface area contributed by atoms with Crippen molar-refractivity contribution < 1.29 is 14.3 Å². The minimum absolute atomic E-state index is 0.0158. The first-order valence-corrected chi connectivity index (χ1v) is 7.22. The Morgan fingerprint density at radius 3 is 2.84 bits per heavy atom. The number of carbonyl (C=O) groups is 2. The Bertz CT molecular complexity index is 307. The molecule has 1 aliphatic heterocycles. The fourth-order valence-corrected chi connectivity index (χ4v) is 2.37. The Kier molecular flexibility index (Phi) is 6.84. The van der Waals surface area contributed by atoms with E-state index in [1.165, 1.54) is 0 Å². The number of amides is 1. The lowest BCUT2D eigenvalue weighted by atomic mass is 9.92. The van der Waals surface area contributed by atoms with Gasteiger partial charge in [-0.2, -0.15) is 0 Å². The van der Waals surface area contributed by atoms with Gasteiger partial charge in [-0.1, -0.05) is 0 Å². The second-order valence-electron chi connectivity index (χ2n) is 5.33. The van der Waals surface area contributed by atoms with Crippen molar-refractivity contribution in [2.45, 2.75) is 58.5 Å². The summed E-state index contributed by atoms with van der Waals surface area (Å²) in [4.78, 5) is 23.3. The highest BCUT2D eigenvalue weighted by Gasteiger charge is 2.25. The Morgan fingerprint density at radius 2 is 2.21 bits per heavy atom. The number of hydrogen-bond donors (Lipinski definition) is 2. The van der Waals surface area contributed by atoms with E-state index in [1.807, 2.05) is 6.92 Å². The van der Waals surface area contributed by atoms with Crippen molar-refractivity contribution >= 4 is 11.9 Å². The van der Waals surface area contributed by atoms with Crippen LogP contribution in [-0.2, 0) is 14.3 Å². The minimum Gasteiger partial charge on any atom is -0.466 e. The molecule has 0 aromatic rings. The van der Waals surface area contributed by atoms with Gasteiger partial charge in [0.1, 0.15) is 0 Å². The van der Waals surface area contributed by atoms with Gasteiger partial charge in [-0.15, -0.1) is 0 Å². The third-order valence-corrected chi connectivity index (χ3v) is 3.47. The molecule has 0 saturated carbocycles. The lowest BCUT2D eigenvalue weighted by molar-refractivity contribution is -0.143. The average Bonchev–Trinajstić information content (AvgIpc) is 2.36. The zero-order valence-corrected chi connectivity index (χ0v) is 12.2. The van der Waals surface area contributed by atoms with Crippen LogP contribution in [0.25, 0.3) is 0 Å². The van der Waals surface area contributed by atoms with Crippen LogP contribution in [0, 0.1) is 5.92 Å². The molecule has 1 rings (SSSR count). The molecule has 0 aliphatic carbocycles. The second-order valence-corrected chi connectivity index (χ2v) is 5.33. The second kappa shape index (κ2) is 8.15. The molecule has 0 spiro atoms. The molecule has 1 heterocycles. The first-order chi connectivity index (χ1) is 9.02. The average molecular weight is 270 g/mol. The van der Waals surface area contributed by atoms with E-state index in [9.17, 15) is 9.59 Å². The topological polar surface area (TPSA) is 67.4 Å². The standard InChI is InChI=1S/C14H26N2O3/c1-4-19-13(17)6-5-10(2)16-14(18)12-7-8-15-11(3)9-12/h10-12,15H,4-9H2,1-3H3,(H,16,18)/t10?,11-,12-/m0/s1. The predicted molar refractivity (Wildman–Crippen MR) is 73.7 cm³/mol. The van der Waals surface area contributed by atoms with Crippen LogP contribution in [0.4, 0.5) is 0 Å². The minimum atomic E-state index is -0.195. The highest BCUT2D eigenvalue weighted by molar-refractivity contribution is 5.79. The third kappa shape index (κ3) is 6.05. The maximum absolute atomic E-state index is 12.1. The van der Waals surface area contributed by atoms with E-state index in [2.05, 4.69) is 17.6 Å². The maximum atomic E-state index is 12.1. The molecule has 5 heteroatoms. The molecule has 1 aliphatic rings. The fraction of sp³-hybridized carbons (Fsp3) is 0.857. The molecule has 110 valence electrons. The summed E-state index contributed by atoms with van der Waals surface area (Å²) in [7, 11) is 0. The fourth-order valence-electron chi connectivity index (χ4n) is 2.37. The smallest absolute Gasteiger partial charge is 0.305 e. The zero-order chi connectivity index (χ0) is 14.3. The van der Waals surface area contributed by atoms with Crippen molar-refractivity contribution in [1.29, 1.82) is 0 Å². The van der Waals surface area contributed by atoms with Crippen molar-refractivity contribution in [2.24, 2.45) is 5.92 Å². The highest BCUT2D eigenvalue weighted by atomic mass is 16.5. The van der Waals surface area contributed by atoms with Gasteiger partial charge in [-0.25, -0.2) is 0 Å². The van der Waals surface area contributed by atoms with Crippen molar-refractivity contribution in [3.8, 4) is 0 Å². The van der Waals surface area contributed by atoms with E-state index < -0.39 is 0 Å². The van der Waals surface area contributed by atoms with E-state index in [-0.39, 0.29) is 23.8 Å². The summed E-state index contributed by atoms with van der Waals surface area (Å²) in [6.07, 6.45) is 2.76. The molecule has 19 heavy (non-hydrogen) atoms. The molecular formula is C14H26N2O3. The molecular weight excluding hydrogens is 244 g/mol. The summed E-state index contributed by atoms with van der Waals surface area (Å²) in [6, 6.07) is 0.418. The van der Waals surface area contributed by atoms with Crippen LogP contribution in [0.2, 0.25) is 0 Å². The molecule has 0 radical (unpaired) electrons. The van der Waals surface area contributed by atoms with Gasteiger partial charge in [0.2, 0.25) is 5.91 Å². The summed E-state index contributed by atoms with van der Waals surface area (Å²) in [5.41, 5.74) is 0. The molecule has 0 bridgehead atoms. The van der Waals surface area contributed by atoms with Crippen molar-refractivity contribution in [2.75, 3.05) is 13.2 Å². The molecule has 0 aromatic heterocycles. The van der Waals surface area contributed by atoms with Crippen LogP contribution in [0.3, 0.4) is 0 Å². The summed E-state index contributed by atoms with van der Waals surface area (Å²) in [5, 5.41) is 6.33. The van der Waals surface area contributed by atoms with Gasteiger partial charge in [0, 0.05) is 24.4 Å². The molecule has 1 amide bonds. The van der Waals surface area contributed by atoms with Crippen molar-refractivity contribution in [1.82, 2.24) is 10.6 Å². The highest BCUT2D eigenvalue weighted by Crippen LogP contribution is 2.16. The Morgan fingerprint density at radius 1 is 1.47 bits per heavy atom. The lowest BCUT2D eigenvalue weighted by Crippen LogP contribution is -2.44. The number of carbonyl (C=O) groups excluding carboxylic acids is 2. The number of esters is 1. The Hall–Kier alpha value is -1.10. The van der Waals surface area contributed by atoms with Crippen LogP contribution in [0.5, 0.6) is 0 Å². The van der Waals surface area contributed by atoms with Gasteiger partial charge in [0.15, 0.2) is 0 Å². The first kappa shape index (κ1) is 16.0. The van der Waals surface area contributed by atoms with Crippen molar-refractivity contribution in [3.05, 3.63) is 0 Å². The summed E-state index contributed by atoms with van der Waals surface area (Å²) in [5.74, 6) is 0.0186. The quantitative estimate of drug-likeness (QED) is 0.712. The van der Waals surface area contributed by atoms with E-state index >= 15 is 0 Å².